The summed E-state index contributed by atoms with van der Waals surface area (Å²) in [4.78, 5) is 10.6. The summed E-state index contributed by atoms with van der Waals surface area (Å²) >= 11 is 6.22. The van der Waals surface area contributed by atoms with Crippen molar-refractivity contribution in [1.29, 1.82) is 0 Å². The fourth-order valence-electron chi connectivity index (χ4n) is 3.18. The van der Waals surface area contributed by atoms with Crippen molar-refractivity contribution in [2.24, 2.45) is 5.92 Å². The first-order valence-electron chi connectivity index (χ1n) is 7.24. The molecule has 0 amide bonds. The first-order chi connectivity index (χ1) is 9.66. The minimum atomic E-state index is 0.510. The van der Waals surface area contributed by atoms with Gasteiger partial charge < -0.3 is 4.90 Å². The minimum Gasteiger partial charge on any atom is -0.359 e. The van der Waals surface area contributed by atoms with E-state index in [-0.39, 0.29) is 0 Å². The quantitative estimate of drug-likeness (QED) is 0.816. The largest absolute Gasteiger partial charge is 0.359 e. The molecule has 0 atom stereocenters. The molecule has 0 bridgehead atoms. The molecule has 0 saturated heterocycles. The third kappa shape index (κ3) is 2.46. The summed E-state index contributed by atoms with van der Waals surface area (Å²) in [7, 11) is 2.11. The van der Waals surface area contributed by atoms with Gasteiger partial charge in [-0.25, -0.2) is 0 Å². The number of aromatic nitrogens is 4. The third-order valence-corrected chi connectivity index (χ3v) is 4.56. The van der Waals surface area contributed by atoms with Gasteiger partial charge in [-0.15, -0.1) is 0 Å². The van der Waals surface area contributed by atoms with Gasteiger partial charge >= 0.3 is 0 Å². The second-order valence-corrected chi connectivity index (χ2v) is 6.07. The van der Waals surface area contributed by atoms with E-state index in [9.17, 15) is 0 Å². The lowest BCUT2D eigenvalue weighted by Crippen LogP contribution is -2.29. The van der Waals surface area contributed by atoms with Gasteiger partial charge in [-0.05, 0) is 25.7 Å². The van der Waals surface area contributed by atoms with Crippen molar-refractivity contribution in [1.82, 2.24) is 19.6 Å². The van der Waals surface area contributed by atoms with Crippen molar-refractivity contribution in [3.8, 4) is 0 Å². The van der Waals surface area contributed by atoms with Crippen LogP contribution in [0.15, 0.2) is 6.33 Å². The van der Waals surface area contributed by atoms with Gasteiger partial charge in [0.15, 0.2) is 0 Å². The molecule has 0 spiro atoms. The van der Waals surface area contributed by atoms with E-state index in [1.807, 2.05) is 6.92 Å². The van der Waals surface area contributed by atoms with Crippen molar-refractivity contribution >= 4 is 23.2 Å². The number of rotatable bonds is 3. The van der Waals surface area contributed by atoms with E-state index < -0.39 is 0 Å². The number of fused-ring (bicyclic) bond motifs is 1. The van der Waals surface area contributed by atoms with E-state index in [2.05, 4.69) is 27.0 Å². The monoisotopic (exact) mass is 293 g/mol. The highest BCUT2D eigenvalue weighted by molar-refractivity contribution is 6.30. The highest BCUT2D eigenvalue weighted by Crippen LogP contribution is 2.29. The lowest BCUT2D eigenvalue weighted by molar-refractivity contribution is 0.361. The maximum Gasteiger partial charge on any atom is 0.255 e. The number of anilines is 1. The molecule has 0 unspecified atom stereocenters. The molecule has 2 aromatic rings. The van der Waals surface area contributed by atoms with Crippen LogP contribution in [-0.2, 0) is 0 Å². The van der Waals surface area contributed by atoms with E-state index in [1.54, 1.807) is 4.52 Å². The smallest absolute Gasteiger partial charge is 0.255 e. The van der Waals surface area contributed by atoms with Gasteiger partial charge in [-0.3, -0.25) is 0 Å². The Morgan fingerprint density at radius 3 is 2.85 bits per heavy atom. The van der Waals surface area contributed by atoms with Crippen LogP contribution >= 0.6 is 11.6 Å². The SMILES string of the molecule is Cc1c(Cl)nc2ncnn2c1N(C)CC1CCCCC1. The summed E-state index contributed by atoms with van der Waals surface area (Å²) in [5, 5.41) is 4.79. The molecular formula is C14H20ClN5. The lowest BCUT2D eigenvalue weighted by Gasteiger charge is -2.29. The Morgan fingerprint density at radius 2 is 2.10 bits per heavy atom. The average molecular weight is 294 g/mol. The normalized spacial score (nSPS) is 16.8. The summed E-state index contributed by atoms with van der Waals surface area (Å²) in [6.45, 7) is 3.03. The molecule has 0 aliphatic heterocycles. The van der Waals surface area contributed by atoms with Crippen molar-refractivity contribution < 1.29 is 0 Å². The minimum absolute atomic E-state index is 0.510. The number of nitrogens with zero attached hydrogens (tertiary/aromatic N) is 5. The molecule has 5 nitrogen and oxygen atoms in total. The Hall–Kier alpha value is -1.36. The molecule has 6 heteroatoms. The standard InChI is InChI=1S/C14H20ClN5/c1-10-12(15)18-14-16-9-17-20(14)13(10)19(2)8-11-6-4-3-5-7-11/h9,11H,3-8H2,1-2H3. The summed E-state index contributed by atoms with van der Waals surface area (Å²) in [6.07, 6.45) is 8.26. The molecule has 3 rings (SSSR count). The van der Waals surface area contributed by atoms with Gasteiger partial charge in [0.25, 0.3) is 5.78 Å². The van der Waals surface area contributed by atoms with Gasteiger partial charge in [0.1, 0.15) is 17.3 Å². The zero-order valence-electron chi connectivity index (χ0n) is 12.0. The molecule has 1 fully saturated rings. The second kappa shape index (κ2) is 5.56. The summed E-state index contributed by atoms with van der Waals surface area (Å²) in [6, 6.07) is 0. The topological polar surface area (TPSA) is 46.3 Å². The van der Waals surface area contributed by atoms with Crippen LogP contribution in [0.25, 0.3) is 5.78 Å². The molecule has 20 heavy (non-hydrogen) atoms. The second-order valence-electron chi connectivity index (χ2n) is 5.71. The Kier molecular flexibility index (Phi) is 3.78. The van der Waals surface area contributed by atoms with Gasteiger partial charge in [-0.2, -0.15) is 19.6 Å². The average Bonchev–Trinajstić information content (AvgIpc) is 2.88. The van der Waals surface area contributed by atoms with E-state index in [4.69, 9.17) is 11.6 Å². The first kappa shape index (κ1) is 13.6. The fourth-order valence-corrected chi connectivity index (χ4v) is 3.34. The Morgan fingerprint density at radius 1 is 1.35 bits per heavy atom. The van der Waals surface area contributed by atoms with Gasteiger partial charge in [-0.1, -0.05) is 30.9 Å². The molecule has 1 aliphatic rings. The van der Waals surface area contributed by atoms with Gasteiger partial charge in [0, 0.05) is 19.2 Å². The molecule has 1 aliphatic carbocycles. The molecule has 0 radical (unpaired) electrons. The van der Waals surface area contributed by atoms with E-state index in [0.29, 0.717) is 10.9 Å². The Labute approximate surface area is 124 Å². The zero-order chi connectivity index (χ0) is 14.1. The lowest BCUT2D eigenvalue weighted by atomic mass is 9.89. The Balaban J connectivity index is 1.91. The van der Waals surface area contributed by atoms with Gasteiger partial charge in [0.2, 0.25) is 0 Å². The maximum atomic E-state index is 6.22. The summed E-state index contributed by atoms with van der Waals surface area (Å²) in [5.41, 5.74) is 0.961. The predicted octanol–water partition coefficient (Wildman–Crippen LogP) is 3.10. The molecular weight excluding hydrogens is 274 g/mol. The van der Waals surface area contributed by atoms with E-state index in [1.165, 1.54) is 38.4 Å². The molecule has 1 saturated carbocycles. The van der Waals surface area contributed by atoms with Crippen molar-refractivity contribution in [2.45, 2.75) is 39.0 Å². The molecule has 0 aromatic carbocycles. The van der Waals surface area contributed by atoms with Crippen molar-refractivity contribution in [3.05, 3.63) is 17.0 Å². The highest BCUT2D eigenvalue weighted by atomic mass is 35.5. The van der Waals surface area contributed by atoms with Crippen LogP contribution in [0, 0.1) is 12.8 Å². The molecule has 2 heterocycles. The summed E-state index contributed by atoms with van der Waals surface area (Å²) < 4.78 is 1.78. The van der Waals surface area contributed by atoms with E-state index >= 15 is 0 Å². The van der Waals surface area contributed by atoms with Crippen LogP contribution in [0.5, 0.6) is 0 Å². The third-order valence-electron chi connectivity index (χ3n) is 4.19. The van der Waals surface area contributed by atoms with Crippen LogP contribution in [0.2, 0.25) is 5.15 Å². The van der Waals surface area contributed by atoms with Crippen LogP contribution in [0.4, 0.5) is 5.82 Å². The number of halogens is 1. The molecule has 2 aromatic heterocycles. The highest BCUT2D eigenvalue weighted by Gasteiger charge is 2.20. The number of hydrogen-bond donors (Lipinski definition) is 0. The van der Waals surface area contributed by atoms with E-state index in [0.717, 1.165) is 23.8 Å². The first-order valence-corrected chi connectivity index (χ1v) is 7.61. The fraction of sp³-hybridized carbons (Fsp3) is 0.643. The van der Waals surface area contributed by atoms with Gasteiger partial charge in [0.05, 0.1) is 0 Å². The van der Waals surface area contributed by atoms with Crippen LogP contribution in [0.3, 0.4) is 0 Å². The summed E-state index contributed by atoms with van der Waals surface area (Å²) in [5.74, 6) is 2.33. The zero-order valence-corrected chi connectivity index (χ0v) is 12.8. The van der Waals surface area contributed by atoms with Crippen LogP contribution in [-0.4, -0.2) is 33.2 Å². The van der Waals surface area contributed by atoms with Crippen LogP contribution < -0.4 is 4.90 Å². The van der Waals surface area contributed by atoms with Crippen LogP contribution in [0.1, 0.15) is 37.7 Å². The number of hydrogen-bond acceptors (Lipinski definition) is 4. The predicted molar refractivity (Wildman–Crippen MR) is 80.4 cm³/mol. The maximum absolute atomic E-state index is 6.22. The molecule has 0 N–H and O–H groups in total. The van der Waals surface area contributed by atoms with Crippen molar-refractivity contribution in [2.75, 3.05) is 18.5 Å². The van der Waals surface area contributed by atoms with Crippen molar-refractivity contribution in [3.63, 3.8) is 0 Å². The molecule has 108 valence electrons. The Bertz CT molecular complexity index is 603.